The maximum Gasteiger partial charge on any atom is 0.264 e. The van der Waals surface area contributed by atoms with Crippen molar-refractivity contribution in [3.63, 3.8) is 0 Å². The first kappa shape index (κ1) is 16.9. The number of nitrogens with zero attached hydrogens (tertiary/aromatic N) is 2. The molecular formula is C20H22N2O5. The molecule has 27 heavy (non-hydrogen) atoms. The third-order valence-corrected chi connectivity index (χ3v) is 6.72. The van der Waals surface area contributed by atoms with Crippen LogP contribution in [0.15, 0.2) is 23.2 Å². The Hall–Kier alpha value is -2.25. The summed E-state index contributed by atoms with van der Waals surface area (Å²) in [5, 5.41) is 1.35. The van der Waals surface area contributed by atoms with E-state index < -0.39 is 5.41 Å². The maximum atomic E-state index is 13.6. The molecule has 4 bridgehead atoms. The van der Waals surface area contributed by atoms with Gasteiger partial charge in [-0.25, -0.2) is 0 Å². The minimum absolute atomic E-state index is 0.0329. The van der Waals surface area contributed by atoms with Crippen LogP contribution in [0.1, 0.15) is 25.3 Å². The highest BCUT2D eigenvalue weighted by Gasteiger charge is 2.64. The first-order valence-electron chi connectivity index (χ1n) is 9.28. The van der Waals surface area contributed by atoms with Crippen molar-refractivity contribution in [1.29, 1.82) is 0 Å². The molecule has 6 rings (SSSR count). The Morgan fingerprint density at radius 1 is 1.37 bits per heavy atom. The number of hydrogen-bond acceptors (Lipinski definition) is 6. The minimum Gasteiger partial charge on any atom is -0.497 e. The molecule has 7 heteroatoms. The SMILES string of the molecule is COc1ccc2c(c1)N(OC)C(=O)C21CC2N=C(C(C)=O)C3CC1OCC23. The molecule has 0 N–H and O–H groups in total. The lowest BCUT2D eigenvalue weighted by molar-refractivity contribution is -0.137. The van der Waals surface area contributed by atoms with Gasteiger partial charge in [0.15, 0.2) is 5.78 Å². The van der Waals surface area contributed by atoms with Crippen molar-refractivity contribution in [3.05, 3.63) is 23.8 Å². The van der Waals surface area contributed by atoms with Crippen LogP contribution in [0, 0.1) is 11.8 Å². The zero-order valence-electron chi connectivity index (χ0n) is 15.6. The first-order valence-corrected chi connectivity index (χ1v) is 9.28. The molecule has 1 aromatic carbocycles. The predicted octanol–water partition coefficient (Wildman–Crippen LogP) is 1.68. The highest BCUT2D eigenvalue weighted by atomic mass is 16.7. The number of ketones is 1. The highest BCUT2D eigenvalue weighted by Crippen LogP contribution is 2.57. The van der Waals surface area contributed by atoms with Gasteiger partial charge in [-0.1, -0.05) is 6.07 Å². The summed E-state index contributed by atoms with van der Waals surface area (Å²) in [5.41, 5.74) is 1.44. The number of ether oxygens (including phenoxy) is 2. The summed E-state index contributed by atoms with van der Waals surface area (Å²) >= 11 is 0. The summed E-state index contributed by atoms with van der Waals surface area (Å²) in [5.74, 6) is 0.830. The van der Waals surface area contributed by atoms with Crippen LogP contribution in [0.25, 0.3) is 0 Å². The number of methoxy groups -OCH3 is 1. The maximum absolute atomic E-state index is 13.6. The Balaban J connectivity index is 1.68. The molecule has 1 spiro atoms. The average molecular weight is 370 g/mol. The van der Waals surface area contributed by atoms with E-state index in [4.69, 9.17) is 19.3 Å². The summed E-state index contributed by atoms with van der Waals surface area (Å²) in [7, 11) is 3.09. The molecular weight excluding hydrogens is 348 g/mol. The van der Waals surface area contributed by atoms with Gasteiger partial charge in [0.05, 0.1) is 44.4 Å². The van der Waals surface area contributed by atoms with Crippen LogP contribution in [-0.4, -0.2) is 50.4 Å². The van der Waals surface area contributed by atoms with Gasteiger partial charge in [0.1, 0.15) is 11.2 Å². The summed E-state index contributed by atoms with van der Waals surface area (Å²) in [4.78, 5) is 35.8. The number of hydroxylamine groups is 1. The third-order valence-electron chi connectivity index (χ3n) is 6.72. The number of amides is 1. The second-order valence-corrected chi connectivity index (χ2v) is 7.81. The first-order chi connectivity index (χ1) is 13.0. The number of benzene rings is 1. The molecule has 4 heterocycles. The predicted molar refractivity (Wildman–Crippen MR) is 97.0 cm³/mol. The molecule has 1 amide bonds. The molecule has 2 saturated heterocycles. The van der Waals surface area contributed by atoms with E-state index in [1.165, 1.54) is 12.2 Å². The number of carbonyl (C=O) groups excluding carboxylic acids is 2. The minimum atomic E-state index is -0.836. The summed E-state index contributed by atoms with van der Waals surface area (Å²) < 4.78 is 11.5. The van der Waals surface area contributed by atoms with E-state index in [-0.39, 0.29) is 35.7 Å². The van der Waals surface area contributed by atoms with Crippen molar-refractivity contribution >= 4 is 23.1 Å². The molecule has 1 saturated carbocycles. The Morgan fingerprint density at radius 3 is 2.89 bits per heavy atom. The number of aliphatic imine (C=N–C) groups is 1. The molecule has 1 aliphatic carbocycles. The fraction of sp³-hybridized carbons (Fsp3) is 0.550. The van der Waals surface area contributed by atoms with Crippen molar-refractivity contribution in [1.82, 2.24) is 0 Å². The molecule has 5 unspecified atom stereocenters. The van der Waals surface area contributed by atoms with E-state index >= 15 is 0 Å². The van der Waals surface area contributed by atoms with Crippen LogP contribution in [0.3, 0.4) is 0 Å². The molecule has 4 aliphatic heterocycles. The average Bonchev–Trinajstić information content (AvgIpc) is 3.03. The van der Waals surface area contributed by atoms with Crippen LogP contribution in [0.4, 0.5) is 5.69 Å². The molecule has 5 atom stereocenters. The molecule has 0 radical (unpaired) electrons. The molecule has 7 nitrogen and oxygen atoms in total. The number of rotatable bonds is 3. The van der Waals surface area contributed by atoms with Crippen LogP contribution in [-0.2, 0) is 24.6 Å². The Labute approximate surface area is 157 Å². The standard InChI is InChI=1S/C20H22N2O5/c1-10(23)18-12-7-17-20(8-15(21-18)13(12)9-27-17)14-5-4-11(25-2)6-16(14)22(26-3)19(20)24/h4-6,12-13,15,17H,7-9H2,1-3H3. The van der Waals surface area contributed by atoms with E-state index in [0.717, 1.165) is 5.56 Å². The molecule has 3 fully saturated rings. The van der Waals surface area contributed by atoms with E-state index in [2.05, 4.69) is 0 Å². The van der Waals surface area contributed by atoms with Gasteiger partial charge in [0.2, 0.25) is 0 Å². The van der Waals surface area contributed by atoms with Crippen molar-refractivity contribution in [2.24, 2.45) is 16.8 Å². The molecule has 5 aliphatic rings. The number of Topliss-reactive ketones (excluding diaryl/α,β-unsaturated/α-hetero) is 1. The van der Waals surface area contributed by atoms with Gasteiger partial charge in [0.25, 0.3) is 5.91 Å². The third kappa shape index (κ3) is 2.01. The summed E-state index contributed by atoms with van der Waals surface area (Å²) in [6.07, 6.45) is 0.871. The van der Waals surface area contributed by atoms with Crippen LogP contribution < -0.4 is 9.80 Å². The number of hydrogen-bond donors (Lipinski definition) is 0. The lowest BCUT2D eigenvalue weighted by Gasteiger charge is -2.38. The molecule has 0 aromatic heterocycles. The van der Waals surface area contributed by atoms with Crippen LogP contribution in [0.5, 0.6) is 5.75 Å². The zero-order valence-corrected chi connectivity index (χ0v) is 15.6. The zero-order chi connectivity index (χ0) is 18.9. The number of fused-ring (bicyclic) bond motifs is 2. The van der Waals surface area contributed by atoms with Gasteiger partial charge >= 0.3 is 0 Å². The fourth-order valence-electron chi connectivity index (χ4n) is 5.51. The van der Waals surface area contributed by atoms with Gasteiger partial charge in [0, 0.05) is 24.8 Å². The Kier molecular flexibility index (Phi) is 3.52. The van der Waals surface area contributed by atoms with E-state index in [9.17, 15) is 9.59 Å². The lowest BCUT2D eigenvalue weighted by atomic mass is 9.71. The van der Waals surface area contributed by atoms with Crippen molar-refractivity contribution in [2.75, 3.05) is 25.9 Å². The summed E-state index contributed by atoms with van der Waals surface area (Å²) in [6, 6.07) is 5.55. The number of carbonyl (C=O) groups is 2. The van der Waals surface area contributed by atoms with Gasteiger partial charge in [-0.2, -0.15) is 5.06 Å². The highest BCUT2D eigenvalue weighted by molar-refractivity contribution is 6.40. The quantitative estimate of drug-likeness (QED) is 0.809. The molecule has 1 aromatic rings. The molecule has 142 valence electrons. The fourth-order valence-corrected chi connectivity index (χ4v) is 5.51. The topological polar surface area (TPSA) is 77.4 Å². The monoisotopic (exact) mass is 370 g/mol. The van der Waals surface area contributed by atoms with Crippen LogP contribution >= 0.6 is 0 Å². The van der Waals surface area contributed by atoms with Gasteiger partial charge in [-0.05, 0) is 24.5 Å². The second kappa shape index (κ2) is 5.62. The Morgan fingerprint density at radius 2 is 2.19 bits per heavy atom. The Bertz CT molecular complexity index is 881. The number of anilines is 1. The van der Waals surface area contributed by atoms with Crippen molar-refractivity contribution in [3.8, 4) is 5.75 Å². The van der Waals surface area contributed by atoms with Crippen molar-refractivity contribution in [2.45, 2.75) is 37.3 Å². The largest absolute Gasteiger partial charge is 0.497 e. The normalized spacial score (nSPS) is 36.0. The van der Waals surface area contributed by atoms with Gasteiger partial charge in [-0.3, -0.25) is 19.4 Å². The second-order valence-electron chi connectivity index (χ2n) is 7.81. The van der Waals surface area contributed by atoms with Gasteiger partial charge in [-0.15, -0.1) is 0 Å². The smallest absolute Gasteiger partial charge is 0.264 e. The summed E-state index contributed by atoms with van der Waals surface area (Å²) in [6.45, 7) is 2.11. The van der Waals surface area contributed by atoms with E-state index in [1.54, 1.807) is 14.0 Å². The lowest BCUT2D eigenvalue weighted by Crippen LogP contribution is -2.51. The van der Waals surface area contributed by atoms with Crippen LogP contribution in [0.2, 0.25) is 0 Å². The van der Waals surface area contributed by atoms with Gasteiger partial charge < -0.3 is 9.47 Å². The van der Waals surface area contributed by atoms with E-state index in [0.29, 0.717) is 36.6 Å². The van der Waals surface area contributed by atoms with E-state index in [1.807, 2.05) is 18.2 Å². The van der Waals surface area contributed by atoms with Crippen molar-refractivity contribution < 1.29 is 23.9 Å².